The van der Waals surface area contributed by atoms with E-state index in [-0.39, 0.29) is 0 Å². The molecule has 94 valence electrons. The van der Waals surface area contributed by atoms with Crippen molar-refractivity contribution in [3.05, 3.63) is 41.7 Å². The van der Waals surface area contributed by atoms with E-state index in [1.54, 1.807) is 7.11 Å². The van der Waals surface area contributed by atoms with Gasteiger partial charge in [0.25, 0.3) is 0 Å². The lowest BCUT2D eigenvalue weighted by molar-refractivity contribution is 0.178. The summed E-state index contributed by atoms with van der Waals surface area (Å²) in [6, 6.07) is 10.1. The zero-order valence-corrected chi connectivity index (χ0v) is 10.9. The first-order valence-corrected chi connectivity index (χ1v) is 5.86. The maximum atomic E-state index is 5.11. The average Bonchev–Trinajstić information content (AvgIpc) is 2.42. The standard InChI is InChI=1S/C14H17N3O/c1-10-13(11-7-5-4-6-8-11)16-12(9-18-3)17-14(10)15-2/h4-8H,9H2,1-3H3,(H,15,16,17). The summed E-state index contributed by atoms with van der Waals surface area (Å²) in [6.07, 6.45) is 0. The van der Waals surface area contributed by atoms with E-state index in [2.05, 4.69) is 15.3 Å². The summed E-state index contributed by atoms with van der Waals surface area (Å²) in [5.41, 5.74) is 3.08. The number of methoxy groups -OCH3 is 1. The normalized spacial score (nSPS) is 10.4. The molecule has 1 aromatic carbocycles. The lowest BCUT2D eigenvalue weighted by Gasteiger charge is -2.12. The molecule has 0 unspecified atom stereocenters. The molecule has 2 rings (SSSR count). The molecule has 0 fully saturated rings. The fraction of sp³-hybridized carbons (Fsp3) is 0.286. The van der Waals surface area contributed by atoms with Crippen LogP contribution in [0.5, 0.6) is 0 Å². The first kappa shape index (κ1) is 12.5. The van der Waals surface area contributed by atoms with Gasteiger partial charge in [0.15, 0.2) is 5.82 Å². The molecule has 0 radical (unpaired) electrons. The first-order chi connectivity index (χ1) is 8.76. The predicted molar refractivity (Wildman–Crippen MR) is 72.5 cm³/mol. The molecule has 2 aromatic rings. The van der Waals surface area contributed by atoms with Crippen molar-refractivity contribution < 1.29 is 4.74 Å². The summed E-state index contributed by atoms with van der Waals surface area (Å²) in [7, 11) is 3.51. The van der Waals surface area contributed by atoms with Crippen LogP contribution in [0.2, 0.25) is 0 Å². The number of rotatable bonds is 4. The monoisotopic (exact) mass is 243 g/mol. The summed E-state index contributed by atoms with van der Waals surface area (Å²) in [4.78, 5) is 8.98. The van der Waals surface area contributed by atoms with Gasteiger partial charge in [-0.2, -0.15) is 0 Å². The third-order valence-corrected chi connectivity index (χ3v) is 2.75. The van der Waals surface area contributed by atoms with Crippen LogP contribution in [0.1, 0.15) is 11.4 Å². The SMILES string of the molecule is CNc1nc(COC)nc(-c2ccccc2)c1C. The van der Waals surface area contributed by atoms with Crippen LogP contribution >= 0.6 is 0 Å². The second-order valence-corrected chi connectivity index (χ2v) is 4.01. The van der Waals surface area contributed by atoms with Gasteiger partial charge in [-0.3, -0.25) is 0 Å². The Kier molecular flexibility index (Phi) is 3.89. The summed E-state index contributed by atoms with van der Waals surface area (Å²) < 4.78 is 5.11. The topological polar surface area (TPSA) is 47.0 Å². The maximum absolute atomic E-state index is 5.11. The Bertz CT molecular complexity index is 526. The van der Waals surface area contributed by atoms with Crippen LogP contribution in [0.25, 0.3) is 11.3 Å². The second-order valence-electron chi connectivity index (χ2n) is 4.01. The van der Waals surface area contributed by atoms with E-state index in [4.69, 9.17) is 4.74 Å². The van der Waals surface area contributed by atoms with Crippen LogP contribution in [0.3, 0.4) is 0 Å². The van der Waals surface area contributed by atoms with E-state index >= 15 is 0 Å². The Morgan fingerprint density at radius 3 is 2.50 bits per heavy atom. The van der Waals surface area contributed by atoms with E-state index in [9.17, 15) is 0 Å². The molecule has 18 heavy (non-hydrogen) atoms. The number of aromatic nitrogens is 2. The third kappa shape index (κ3) is 2.49. The summed E-state index contributed by atoms with van der Waals surface area (Å²) in [5.74, 6) is 1.53. The number of anilines is 1. The molecule has 1 heterocycles. The number of hydrogen-bond donors (Lipinski definition) is 1. The summed E-state index contributed by atoms with van der Waals surface area (Å²) in [5, 5.41) is 3.10. The number of ether oxygens (including phenoxy) is 1. The Labute approximate surface area is 107 Å². The van der Waals surface area contributed by atoms with Crippen molar-refractivity contribution in [1.82, 2.24) is 9.97 Å². The summed E-state index contributed by atoms with van der Waals surface area (Å²) in [6.45, 7) is 2.43. The van der Waals surface area contributed by atoms with Gasteiger partial charge in [-0.05, 0) is 6.92 Å². The number of benzene rings is 1. The Morgan fingerprint density at radius 1 is 1.17 bits per heavy atom. The van der Waals surface area contributed by atoms with Crippen molar-refractivity contribution in [3.8, 4) is 11.3 Å². The number of nitrogens with one attached hydrogen (secondary N) is 1. The van der Waals surface area contributed by atoms with Crippen LogP contribution in [-0.4, -0.2) is 24.1 Å². The molecular weight excluding hydrogens is 226 g/mol. The fourth-order valence-corrected chi connectivity index (χ4v) is 1.88. The maximum Gasteiger partial charge on any atom is 0.157 e. The Balaban J connectivity index is 2.55. The highest BCUT2D eigenvalue weighted by atomic mass is 16.5. The second kappa shape index (κ2) is 5.60. The van der Waals surface area contributed by atoms with Gasteiger partial charge in [-0.1, -0.05) is 30.3 Å². The van der Waals surface area contributed by atoms with Crippen LogP contribution in [0, 0.1) is 6.92 Å². The molecule has 1 aromatic heterocycles. The van der Waals surface area contributed by atoms with Gasteiger partial charge in [0.2, 0.25) is 0 Å². The molecule has 0 aliphatic rings. The lowest BCUT2D eigenvalue weighted by Crippen LogP contribution is -2.06. The molecule has 0 bridgehead atoms. The van der Waals surface area contributed by atoms with E-state index in [1.807, 2.05) is 44.3 Å². The Hall–Kier alpha value is -1.94. The molecular formula is C14H17N3O. The van der Waals surface area contributed by atoms with Gasteiger partial charge in [-0.25, -0.2) is 9.97 Å². The molecule has 0 atom stereocenters. The largest absolute Gasteiger partial charge is 0.377 e. The van der Waals surface area contributed by atoms with Gasteiger partial charge in [0.05, 0.1) is 5.69 Å². The molecule has 0 spiro atoms. The quantitative estimate of drug-likeness (QED) is 0.896. The zero-order chi connectivity index (χ0) is 13.0. The van der Waals surface area contributed by atoms with Crippen LogP contribution in [0.15, 0.2) is 30.3 Å². The van der Waals surface area contributed by atoms with Crippen molar-refractivity contribution in [2.45, 2.75) is 13.5 Å². The minimum atomic E-state index is 0.412. The predicted octanol–water partition coefficient (Wildman–Crippen LogP) is 2.64. The van der Waals surface area contributed by atoms with Gasteiger partial charge < -0.3 is 10.1 Å². The molecule has 1 N–H and O–H groups in total. The molecule has 0 saturated heterocycles. The van der Waals surface area contributed by atoms with Crippen LogP contribution < -0.4 is 5.32 Å². The van der Waals surface area contributed by atoms with Crippen molar-refractivity contribution in [3.63, 3.8) is 0 Å². The third-order valence-electron chi connectivity index (χ3n) is 2.75. The lowest BCUT2D eigenvalue weighted by atomic mass is 10.1. The molecule has 0 aliphatic heterocycles. The van der Waals surface area contributed by atoms with E-state index < -0.39 is 0 Å². The van der Waals surface area contributed by atoms with Gasteiger partial charge >= 0.3 is 0 Å². The van der Waals surface area contributed by atoms with Crippen LogP contribution in [0.4, 0.5) is 5.82 Å². The van der Waals surface area contributed by atoms with Crippen molar-refractivity contribution in [2.24, 2.45) is 0 Å². The zero-order valence-electron chi connectivity index (χ0n) is 10.9. The van der Waals surface area contributed by atoms with Crippen LogP contribution in [-0.2, 0) is 11.3 Å². The molecule has 4 nitrogen and oxygen atoms in total. The molecule has 0 saturated carbocycles. The molecule has 0 aliphatic carbocycles. The van der Waals surface area contributed by atoms with Crippen molar-refractivity contribution in [2.75, 3.05) is 19.5 Å². The molecule has 4 heteroatoms. The van der Waals surface area contributed by atoms with E-state index in [0.717, 1.165) is 22.6 Å². The highest BCUT2D eigenvalue weighted by Crippen LogP contribution is 2.25. The smallest absolute Gasteiger partial charge is 0.157 e. The minimum Gasteiger partial charge on any atom is -0.377 e. The van der Waals surface area contributed by atoms with Gasteiger partial charge in [0.1, 0.15) is 12.4 Å². The first-order valence-electron chi connectivity index (χ1n) is 5.86. The highest BCUT2D eigenvalue weighted by Gasteiger charge is 2.11. The summed E-state index contributed by atoms with van der Waals surface area (Å²) >= 11 is 0. The highest BCUT2D eigenvalue weighted by molar-refractivity contribution is 5.67. The Morgan fingerprint density at radius 2 is 1.89 bits per heavy atom. The minimum absolute atomic E-state index is 0.412. The van der Waals surface area contributed by atoms with Gasteiger partial charge in [0, 0.05) is 25.3 Å². The van der Waals surface area contributed by atoms with E-state index in [0.29, 0.717) is 12.4 Å². The van der Waals surface area contributed by atoms with Gasteiger partial charge in [-0.15, -0.1) is 0 Å². The molecule has 0 amide bonds. The van der Waals surface area contributed by atoms with Crippen molar-refractivity contribution in [1.29, 1.82) is 0 Å². The van der Waals surface area contributed by atoms with E-state index in [1.165, 1.54) is 0 Å². The number of hydrogen-bond acceptors (Lipinski definition) is 4. The number of nitrogens with zero attached hydrogens (tertiary/aromatic N) is 2. The van der Waals surface area contributed by atoms with Crippen molar-refractivity contribution >= 4 is 5.82 Å². The fourth-order valence-electron chi connectivity index (χ4n) is 1.88. The average molecular weight is 243 g/mol.